The summed E-state index contributed by atoms with van der Waals surface area (Å²) in [7, 11) is 0. The quantitative estimate of drug-likeness (QED) is 0.733. The fourth-order valence-corrected chi connectivity index (χ4v) is 3.44. The number of carbonyl (C=O) groups excluding carboxylic acids is 1. The van der Waals surface area contributed by atoms with Gasteiger partial charge in [0, 0.05) is 19.6 Å². The highest BCUT2D eigenvalue weighted by Gasteiger charge is 2.31. The topological polar surface area (TPSA) is 66.7 Å². The highest BCUT2D eigenvalue weighted by Crippen LogP contribution is 2.30. The second kappa shape index (κ2) is 9.53. The number of hydrogen-bond donors (Lipinski definition) is 2. The van der Waals surface area contributed by atoms with Crippen molar-refractivity contribution in [2.45, 2.75) is 32.1 Å². The van der Waals surface area contributed by atoms with E-state index in [1.54, 1.807) is 13.0 Å². The van der Waals surface area contributed by atoms with Crippen molar-refractivity contribution in [1.29, 1.82) is 0 Å². The molecule has 30 heavy (non-hydrogen) atoms. The Morgan fingerprint density at radius 3 is 2.57 bits per heavy atom. The van der Waals surface area contributed by atoms with Crippen molar-refractivity contribution in [2.24, 2.45) is 0 Å². The molecular weight excluding hydrogens is 399 g/mol. The summed E-state index contributed by atoms with van der Waals surface area (Å²) in [6.45, 7) is 6.45. The van der Waals surface area contributed by atoms with E-state index in [4.69, 9.17) is 9.15 Å². The van der Waals surface area contributed by atoms with Crippen molar-refractivity contribution in [2.75, 3.05) is 32.8 Å². The van der Waals surface area contributed by atoms with E-state index >= 15 is 0 Å². The Hall–Kier alpha value is -2.52. The fraction of sp³-hybridized carbons (Fsp3) is 0.476. The lowest BCUT2D eigenvalue weighted by molar-refractivity contribution is -0.137. The maximum Gasteiger partial charge on any atom is 0.416 e. The van der Waals surface area contributed by atoms with Crippen LogP contribution in [0.4, 0.5) is 18.0 Å². The lowest BCUT2D eigenvalue weighted by Crippen LogP contribution is -2.46. The zero-order valence-corrected chi connectivity index (χ0v) is 17.0. The van der Waals surface area contributed by atoms with Gasteiger partial charge in [0.15, 0.2) is 0 Å². The van der Waals surface area contributed by atoms with E-state index < -0.39 is 23.8 Å². The van der Waals surface area contributed by atoms with Crippen molar-refractivity contribution >= 4 is 6.03 Å². The Labute approximate surface area is 173 Å². The van der Waals surface area contributed by atoms with Gasteiger partial charge in [0.25, 0.3) is 0 Å². The molecule has 6 nitrogen and oxygen atoms in total. The van der Waals surface area contributed by atoms with Crippen LogP contribution in [0, 0.1) is 6.92 Å². The first-order valence-corrected chi connectivity index (χ1v) is 9.83. The van der Waals surface area contributed by atoms with Crippen LogP contribution in [0.15, 0.2) is 40.8 Å². The average molecular weight is 425 g/mol. The summed E-state index contributed by atoms with van der Waals surface area (Å²) in [5, 5.41) is 5.52. The number of benzene rings is 1. The van der Waals surface area contributed by atoms with Crippen LogP contribution in [0.25, 0.3) is 0 Å². The SMILES string of the molecule is Cc1ccc(C(CNC(=O)NC(C)c2cccc(C(F)(F)F)c2)N2CCOCC2)o1. The maximum absolute atomic E-state index is 12.9. The molecule has 1 aliphatic rings. The molecule has 1 aliphatic heterocycles. The highest BCUT2D eigenvalue weighted by molar-refractivity contribution is 5.74. The second-order valence-electron chi connectivity index (χ2n) is 7.31. The van der Waals surface area contributed by atoms with E-state index in [0.29, 0.717) is 38.4 Å². The predicted octanol–water partition coefficient (Wildman–Crippen LogP) is 4.04. The zero-order chi connectivity index (χ0) is 21.7. The van der Waals surface area contributed by atoms with Crippen LogP contribution in [0.2, 0.25) is 0 Å². The van der Waals surface area contributed by atoms with Gasteiger partial charge in [0.1, 0.15) is 11.5 Å². The number of rotatable bonds is 6. The number of halogens is 3. The van der Waals surface area contributed by atoms with E-state index in [1.165, 1.54) is 6.07 Å². The summed E-state index contributed by atoms with van der Waals surface area (Å²) >= 11 is 0. The van der Waals surface area contributed by atoms with Crippen LogP contribution in [-0.2, 0) is 10.9 Å². The molecule has 0 radical (unpaired) electrons. The number of hydrogen-bond acceptors (Lipinski definition) is 4. The van der Waals surface area contributed by atoms with Gasteiger partial charge >= 0.3 is 12.2 Å². The van der Waals surface area contributed by atoms with Gasteiger partial charge in [-0.3, -0.25) is 4.90 Å². The number of carbonyl (C=O) groups is 1. The molecule has 2 atom stereocenters. The lowest BCUT2D eigenvalue weighted by Gasteiger charge is -2.33. The van der Waals surface area contributed by atoms with Gasteiger partial charge in [-0.2, -0.15) is 13.2 Å². The Morgan fingerprint density at radius 1 is 1.20 bits per heavy atom. The van der Waals surface area contributed by atoms with E-state index in [0.717, 1.165) is 23.7 Å². The molecule has 1 aromatic carbocycles. The molecule has 1 aromatic heterocycles. The van der Waals surface area contributed by atoms with Crippen LogP contribution in [0.1, 0.15) is 41.7 Å². The summed E-state index contributed by atoms with van der Waals surface area (Å²) in [5.74, 6) is 1.53. The number of morpholine rings is 1. The van der Waals surface area contributed by atoms with Gasteiger partial charge in [-0.05, 0) is 43.7 Å². The Kier molecular flexibility index (Phi) is 7.04. The number of alkyl halides is 3. The molecule has 1 saturated heterocycles. The first kappa shape index (κ1) is 22.2. The van der Waals surface area contributed by atoms with Crippen molar-refractivity contribution in [3.63, 3.8) is 0 Å². The average Bonchev–Trinajstić information content (AvgIpc) is 3.14. The molecule has 2 N–H and O–H groups in total. The molecule has 1 fully saturated rings. The molecule has 3 rings (SSSR count). The summed E-state index contributed by atoms with van der Waals surface area (Å²) in [6.07, 6.45) is -4.43. The number of nitrogens with zero attached hydrogens (tertiary/aromatic N) is 1. The van der Waals surface area contributed by atoms with Gasteiger partial charge in [0.2, 0.25) is 0 Å². The zero-order valence-electron chi connectivity index (χ0n) is 17.0. The maximum atomic E-state index is 12.9. The molecule has 9 heteroatoms. The van der Waals surface area contributed by atoms with Crippen molar-refractivity contribution in [3.05, 3.63) is 59.0 Å². The predicted molar refractivity (Wildman–Crippen MR) is 105 cm³/mol. The Balaban J connectivity index is 1.61. The van der Waals surface area contributed by atoms with Crippen molar-refractivity contribution in [3.8, 4) is 0 Å². The van der Waals surface area contributed by atoms with Gasteiger partial charge in [0.05, 0.1) is 30.9 Å². The summed E-state index contributed by atoms with van der Waals surface area (Å²) in [4.78, 5) is 14.6. The van der Waals surface area contributed by atoms with Gasteiger partial charge < -0.3 is 19.8 Å². The molecule has 2 unspecified atom stereocenters. The van der Waals surface area contributed by atoms with E-state index in [9.17, 15) is 18.0 Å². The first-order valence-electron chi connectivity index (χ1n) is 9.83. The summed E-state index contributed by atoms with van der Waals surface area (Å²) in [5.41, 5.74) is -0.360. The van der Waals surface area contributed by atoms with Crippen LogP contribution in [-0.4, -0.2) is 43.8 Å². The Bertz CT molecular complexity index is 847. The van der Waals surface area contributed by atoms with E-state index in [2.05, 4.69) is 15.5 Å². The van der Waals surface area contributed by atoms with E-state index in [1.807, 2.05) is 19.1 Å². The molecule has 2 heterocycles. The third-order valence-electron chi connectivity index (χ3n) is 5.09. The van der Waals surface area contributed by atoms with Crippen molar-refractivity contribution < 1.29 is 27.1 Å². The monoisotopic (exact) mass is 425 g/mol. The molecule has 0 saturated carbocycles. The minimum Gasteiger partial charge on any atom is -0.465 e. The molecule has 2 amide bonds. The lowest BCUT2D eigenvalue weighted by atomic mass is 10.1. The third-order valence-corrected chi connectivity index (χ3v) is 5.09. The Morgan fingerprint density at radius 2 is 1.93 bits per heavy atom. The minimum atomic E-state index is -4.43. The molecule has 164 valence electrons. The second-order valence-corrected chi connectivity index (χ2v) is 7.31. The third kappa shape index (κ3) is 5.76. The molecular formula is C21H26F3N3O3. The number of nitrogens with one attached hydrogen (secondary N) is 2. The summed E-state index contributed by atoms with van der Waals surface area (Å²) < 4.78 is 49.9. The molecule has 2 aromatic rings. The first-order chi connectivity index (χ1) is 14.2. The van der Waals surface area contributed by atoms with Crippen LogP contribution >= 0.6 is 0 Å². The fourth-order valence-electron chi connectivity index (χ4n) is 3.44. The van der Waals surface area contributed by atoms with Gasteiger partial charge in [-0.15, -0.1) is 0 Å². The van der Waals surface area contributed by atoms with Crippen molar-refractivity contribution in [1.82, 2.24) is 15.5 Å². The van der Waals surface area contributed by atoms with E-state index in [-0.39, 0.29) is 6.04 Å². The molecule has 0 spiro atoms. The highest BCUT2D eigenvalue weighted by atomic mass is 19.4. The van der Waals surface area contributed by atoms with Crippen LogP contribution < -0.4 is 10.6 Å². The van der Waals surface area contributed by atoms with Gasteiger partial charge in [-0.25, -0.2) is 4.79 Å². The standard InChI is InChI=1S/C21H26F3N3O3/c1-14-6-7-19(30-14)18(27-8-10-29-11-9-27)13-25-20(28)26-15(2)16-4-3-5-17(12-16)21(22,23)24/h3-7,12,15,18H,8-11,13H2,1-2H3,(H2,25,26,28). The van der Waals surface area contributed by atoms with Gasteiger partial charge in [-0.1, -0.05) is 12.1 Å². The largest absolute Gasteiger partial charge is 0.465 e. The summed E-state index contributed by atoms with van der Waals surface area (Å²) in [6, 6.07) is 7.52. The molecule has 0 bridgehead atoms. The number of amides is 2. The minimum absolute atomic E-state index is 0.155. The van der Waals surface area contributed by atoms with Crippen LogP contribution in [0.3, 0.4) is 0 Å². The van der Waals surface area contributed by atoms with Crippen LogP contribution in [0.5, 0.6) is 0 Å². The smallest absolute Gasteiger partial charge is 0.416 e. The number of furan rings is 1. The number of ether oxygens (including phenoxy) is 1. The number of aryl methyl sites for hydroxylation is 1. The number of urea groups is 1. The normalized spacial score (nSPS) is 17.4. The molecule has 0 aliphatic carbocycles.